The Hall–Kier alpha value is -1.20. The van der Waals surface area contributed by atoms with Crippen LogP contribution in [-0.2, 0) is 4.74 Å². The maximum Gasteiger partial charge on any atom is 0.186 e. The molecular weight excluding hydrogens is 210 g/mol. The summed E-state index contributed by atoms with van der Waals surface area (Å²) in [5, 5.41) is 1.08. The first-order chi connectivity index (χ1) is 7.43. The lowest BCUT2D eigenvalue weighted by molar-refractivity contribution is 0.122. The van der Waals surface area contributed by atoms with Crippen molar-refractivity contribution in [1.82, 2.24) is 9.97 Å². The molecule has 0 unspecified atom stereocenters. The smallest absolute Gasteiger partial charge is 0.186 e. The number of ether oxygens (including phenoxy) is 1. The van der Waals surface area contributed by atoms with E-state index in [0.29, 0.717) is 0 Å². The summed E-state index contributed by atoms with van der Waals surface area (Å²) >= 11 is 1.70. The molecule has 1 aliphatic heterocycles. The minimum Gasteiger partial charge on any atom is -0.378 e. The molecule has 4 nitrogen and oxygen atoms in total. The quantitative estimate of drug-likeness (QED) is 0.732. The van der Waals surface area contributed by atoms with Gasteiger partial charge in [0.1, 0.15) is 0 Å². The molecule has 0 amide bonds. The van der Waals surface area contributed by atoms with Crippen LogP contribution in [-0.4, -0.2) is 36.3 Å². The lowest BCUT2D eigenvalue weighted by Crippen LogP contribution is -2.36. The molecule has 0 spiro atoms. The summed E-state index contributed by atoms with van der Waals surface area (Å²) in [7, 11) is 0. The third kappa shape index (κ3) is 1.68. The Morgan fingerprint density at radius 1 is 1.33 bits per heavy atom. The number of aromatic nitrogens is 2. The number of nitrogens with zero attached hydrogens (tertiary/aromatic N) is 3. The van der Waals surface area contributed by atoms with E-state index in [0.717, 1.165) is 41.7 Å². The Labute approximate surface area is 91.5 Å². The number of anilines is 1. The van der Waals surface area contributed by atoms with Gasteiger partial charge in [-0.25, -0.2) is 4.98 Å². The summed E-state index contributed by atoms with van der Waals surface area (Å²) in [6.45, 7) is 3.48. The highest BCUT2D eigenvalue weighted by Gasteiger charge is 2.14. The van der Waals surface area contributed by atoms with Crippen molar-refractivity contribution in [3.8, 4) is 0 Å². The second-order valence-electron chi connectivity index (χ2n) is 3.44. The van der Waals surface area contributed by atoms with E-state index in [1.807, 2.05) is 12.3 Å². The standard InChI is InChI=1S/C10H11N3OS/c1-2-11-7-9-8(1)12-10(15-9)13-3-5-14-6-4-13/h1-2,7H,3-6H2. The average molecular weight is 221 g/mol. The van der Waals surface area contributed by atoms with Gasteiger partial charge >= 0.3 is 0 Å². The summed E-state index contributed by atoms with van der Waals surface area (Å²) in [6, 6.07) is 1.95. The molecule has 0 radical (unpaired) electrons. The van der Waals surface area contributed by atoms with Crippen molar-refractivity contribution in [3.05, 3.63) is 18.5 Å². The topological polar surface area (TPSA) is 38.2 Å². The zero-order valence-electron chi connectivity index (χ0n) is 8.22. The van der Waals surface area contributed by atoms with Gasteiger partial charge in [-0.3, -0.25) is 4.98 Å². The predicted octanol–water partition coefficient (Wildman–Crippen LogP) is 1.53. The van der Waals surface area contributed by atoms with Crippen molar-refractivity contribution >= 4 is 26.7 Å². The number of rotatable bonds is 1. The van der Waals surface area contributed by atoms with Gasteiger partial charge in [-0.05, 0) is 6.07 Å². The van der Waals surface area contributed by atoms with Crippen molar-refractivity contribution in [3.63, 3.8) is 0 Å². The van der Waals surface area contributed by atoms with Gasteiger partial charge in [0.2, 0.25) is 0 Å². The molecule has 0 saturated carbocycles. The first-order valence-corrected chi connectivity index (χ1v) is 5.78. The highest BCUT2D eigenvalue weighted by molar-refractivity contribution is 7.22. The van der Waals surface area contributed by atoms with Gasteiger partial charge in [-0.2, -0.15) is 0 Å². The van der Waals surface area contributed by atoms with E-state index in [1.54, 1.807) is 17.5 Å². The van der Waals surface area contributed by atoms with Crippen LogP contribution in [0.5, 0.6) is 0 Å². The zero-order valence-corrected chi connectivity index (χ0v) is 9.04. The Kier molecular flexibility index (Phi) is 2.26. The molecule has 2 aromatic heterocycles. The van der Waals surface area contributed by atoms with E-state index in [-0.39, 0.29) is 0 Å². The zero-order chi connectivity index (χ0) is 10.1. The van der Waals surface area contributed by atoms with E-state index < -0.39 is 0 Å². The summed E-state index contributed by atoms with van der Waals surface area (Å²) in [5.74, 6) is 0. The SMILES string of the molecule is c1cc2nc(N3CCOCC3)sc2cn1. The molecule has 1 fully saturated rings. The van der Waals surface area contributed by atoms with Crippen LogP contribution in [0.3, 0.4) is 0 Å². The van der Waals surface area contributed by atoms with E-state index in [2.05, 4.69) is 14.9 Å². The first kappa shape index (κ1) is 9.06. The molecule has 0 atom stereocenters. The fourth-order valence-electron chi connectivity index (χ4n) is 1.66. The van der Waals surface area contributed by atoms with Crippen LogP contribution in [0.2, 0.25) is 0 Å². The molecule has 0 N–H and O–H groups in total. The molecule has 15 heavy (non-hydrogen) atoms. The van der Waals surface area contributed by atoms with Crippen LogP contribution in [0.25, 0.3) is 10.2 Å². The maximum absolute atomic E-state index is 5.32. The van der Waals surface area contributed by atoms with Crippen LogP contribution >= 0.6 is 11.3 Å². The molecule has 3 heterocycles. The predicted molar refractivity (Wildman–Crippen MR) is 60.4 cm³/mol. The van der Waals surface area contributed by atoms with E-state index in [4.69, 9.17) is 4.74 Å². The molecule has 1 saturated heterocycles. The van der Waals surface area contributed by atoms with Crippen molar-refractivity contribution in [2.45, 2.75) is 0 Å². The van der Waals surface area contributed by atoms with Crippen molar-refractivity contribution in [1.29, 1.82) is 0 Å². The largest absolute Gasteiger partial charge is 0.378 e. The van der Waals surface area contributed by atoms with E-state index in [1.165, 1.54) is 0 Å². The minimum atomic E-state index is 0.800. The Bertz CT molecular complexity index is 431. The van der Waals surface area contributed by atoms with Crippen LogP contribution in [0, 0.1) is 0 Å². The monoisotopic (exact) mass is 221 g/mol. The molecule has 0 aliphatic carbocycles. The number of morpholine rings is 1. The Morgan fingerprint density at radius 3 is 3.00 bits per heavy atom. The van der Waals surface area contributed by atoms with Crippen LogP contribution in [0.1, 0.15) is 0 Å². The molecule has 0 bridgehead atoms. The highest BCUT2D eigenvalue weighted by Crippen LogP contribution is 2.28. The lowest BCUT2D eigenvalue weighted by Gasteiger charge is -2.25. The van der Waals surface area contributed by atoms with Gasteiger partial charge in [0.25, 0.3) is 0 Å². The van der Waals surface area contributed by atoms with Crippen LogP contribution in [0.15, 0.2) is 18.5 Å². The summed E-state index contributed by atoms with van der Waals surface area (Å²) < 4.78 is 6.47. The lowest BCUT2D eigenvalue weighted by atomic mass is 10.4. The molecule has 78 valence electrons. The Morgan fingerprint density at radius 2 is 2.20 bits per heavy atom. The fourth-order valence-corrected chi connectivity index (χ4v) is 2.64. The summed E-state index contributed by atoms with van der Waals surface area (Å²) in [6.07, 6.45) is 3.65. The van der Waals surface area contributed by atoms with E-state index in [9.17, 15) is 0 Å². The number of hydrogen-bond donors (Lipinski definition) is 0. The number of pyridine rings is 1. The average Bonchev–Trinajstić information content (AvgIpc) is 2.74. The van der Waals surface area contributed by atoms with Crippen molar-refractivity contribution < 1.29 is 4.74 Å². The van der Waals surface area contributed by atoms with Gasteiger partial charge in [-0.1, -0.05) is 11.3 Å². The van der Waals surface area contributed by atoms with Gasteiger partial charge in [0.05, 0.1) is 23.4 Å². The van der Waals surface area contributed by atoms with Gasteiger partial charge in [0, 0.05) is 25.5 Å². The minimum absolute atomic E-state index is 0.800. The molecule has 5 heteroatoms. The molecule has 2 aromatic rings. The number of fused-ring (bicyclic) bond motifs is 1. The summed E-state index contributed by atoms with van der Waals surface area (Å²) in [4.78, 5) is 11.0. The Balaban J connectivity index is 1.96. The molecular formula is C10H11N3OS. The normalized spacial score (nSPS) is 17.2. The second-order valence-corrected chi connectivity index (χ2v) is 4.45. The van der Waals surface area contributed by atoms with Gasteiger partial charge < -0.3 is 9.64 Å². The molecule has 3 rings (SSSR count). The van der Waals surface area contributed by atoms with Crippen molar-refractivity contribution in [2.24, 2.45) is 0 Å². The second kappa shape index (κ2) is 3.75. The first-order valence-electron chi connectivity index (χ1n) is 4.97. The van der Waals surface area contributed by atoms with Crippen molar-refractivity contribution in [2.75, 3.05) is 31.2 Å². The molecule has 0 aromatic carbocycles. The maximum atomic E-state index is 5.32. The van der Waals surface area contributed by atoms with Crippen LogP contribution < -0.4 is 4.90 Å². The van der Waals surface area contributed by atoms with Gasteiger partial charge in [-0.15, -0.1) is 0 Å². The summed E-state index contributed by atoms with van der Waals surface area (Å²) in [5.41, 5.74) is 1.04. The van der Waals surface area contributed by atoms with E-state index >= 15 is 0 Å². The highest BCUT2D eigenvalue weighted by atomic mass is 32.1. The third-order valence-corrected chi connectivity index (χ3v) is 3.53. The third-order valence-electron chi connectivity index (χ3n) is 2.46. The van der Waals surface area contributed by atoms with Crippen LogP contribution in [0.4, 0.5) is 5.13 Å². The molecule has 1 aliphatic rings. The number of hydrogen-bond acceptors (Lipinski definition) is 5. The fraction of sp³-hybridized carbons (Fsp3) is 0.400. The van der Waals surface area contributed by atoms with Gasteiger partial charge in [0.15, 0.2) is 5.13 Å². The number of thiazole rings is 1.